The lowest BCUT2D eigenvalue weighted by Crippen LogP contribution is -2.11. The first-order chi connectivity index (χ1) is 14.5. The molecule has 2 aromatic heterocycles. The van der Waals surface area contributed by atoms with Gasteiger partial charge in [-0.3, -0.25) is 0 Å². The van der Waals surface area contributed by atoms with E-state index in [0.717, 1.165) is 33.6 Å². The quantitative estimate of drug-likeness (QED) is 0.464. The fraction of sp³-hybridized carbons (Fsp3) is 0.208. The van der Waals surface area contributed by atoms with Gasteiger partial charge in [0.25, 0.3) is 0 Å². The second-order valence-electron chi connectivity index (χ2n) is 7.20. The summed E-state index contributed by atoms with van der Waals surface area (Å²) in [5.41, 5.74) is 6.88. The number of fused-ring (bicyclic) bond motifs is 1. The van der Waals surface area contributed by atoms with Gasteiger partial charge in [-0.2, -0.15) is 9.61 Å². The lowest BCUT2D eigenvalue weighted by atomic mass is 9.96. The monoisotopic (exact) mass is 400 g/mol. The zero-order valence-electron chi connectivity index (χ0n) is 17.6. The van der Waals surface area contributed by atoms with E-state index in [4.69, 9.17) is 9.84 Å². The Bertz CT molecular complexity index is 1210. The highest BCUT2D eigenvalue weighted by atomic mass is 16.5. The molecule has 6 nitrogen and oxygen atoms in total. The molecule has 0 fully saturated rings. The third-order valence-corrected chi connectivity index (χ3v) is 5.03. The van der Waals surface area contributed by atoms with Crippen LogP contribution in [0.1, 0.15) is 34.2 Å². The summed E-state index contributed by atoms with van der Waals surface area (Å²) in [4.78, 5) is 17.2. The minimum Gasteiger partial charge on any atom is -0.461 e. The predicted octanol–water partition coefficient (Wildman–Crippen LogP) is 5.24. The fourth-order valence-electron chi connectivity index (χ4n) is 3.69. The van der Waals surface area contributed by atoms with E-state index in [9.17, 15) is 4.79 Å². The van der Waals surface area contributed by atoms with E-state index >= 15 is 0 Å². The maximum atomic E-state index is 12.5. The van der Waals surface area contributed by atoms with Crippen LogP contribution < -0.4 is 5.32 Å². The van der Waals surface area contributed by atoms with Crippen molar-refractivity contribution in [3.8, 4) is 11.1 Å². The Kier molecular flexibility index (Phi) is 5.23. The average Bonchev–Trinajstić information content (AvgIpc) is 3.05. The number of aromatic nitrogens is 3. The predicted molar refractivity (Wildman–Crippen MR) is 118 cm³/mol. The summed E-state index contributed by atoms with van der Waals surface area (Å²) in [7, 11) is 0. The van der Waals surface area contributed by atoms with Gasteiger partial charge in [-0.15, -0.1) is 0 Å². The molecule has 4 aromatic rings. The molecule has 0 aliphatic carbocycles. The molecule has 30 heavy (non-hydrogen) atoms. The number of para-hydroxylation sites is 1. The van der Waals surface area contributed by atoms with Gasteiger partial charge in [-0.1, -0.05) is 36.4 Å². The van der Waals surface area contributed by atoms with Crippen LogP contribution >= 0.6 is 0 Å². The van der Waals surface area contributed by atoms with Gasteiger partial charge < -0.3 is 10.1 Å². The summed E-state index contributed by atoms with van der Waals surface area (Å²) in [6.07, 6.45) is 0. The van der Waals surface area contributed by atoms with Crippen molar-refractivity contribution in [1.29, 1.82) is 0 Å². The minimum atomic E-state index is -0.456. The molecule has 2 aromatic carbocycles. The van der Waals surface area contributed by atoms with Crippen LogP contribution in [0.2, 0.25) is 0 Å². The summed E-state index contributed by atoms with van der Waals surface area (Å²) in [5.74, 6) is 0.192. The molecule has 0 aliphatic heterocycles. The molecule has 1 N–H and O–H groups in total. The molecule has 0 saturated heterocycles. The number of hydrogen-bond donors (Lipinski definition) is 1. The molecule has 2 heterocycles. The number of esters is 1. The zero-order valence-corrected chi connectivity index (χ0v) is 17.6. The number of carbonyl (C=O) groups is 1. The van der Waals surface area contributed by atoms with E-state index in [0.29, 0.717) is 11.5 Å². The first kappa shape index (κ1) is 19.6. The van der Waals surface area contributed by atoms with Gasteiger partial charge in [0.1, 0.15) is 5.82 Å². The van der Waals surface area contributed by atoms with Crippen molar-refractivity contribution in [2.45, 2.75) is 27.7 Å². The normalized spacial score (nSPS) is 10.9. The molecule has 0 aliphatic rings. The number of ether oxygens (including phenoxy) is 1. The summed E-state index contributed by atoms with van der Waals surface area (Å²) in [5, 5.41) is 8.11. The average molecular weight is 400 g/mol. The van der Waals surface area contributed by atoms with Crippen LogP contribution in [0.4, 0.5) is 11.5 Å². The highest BCUT2D eigenvalue weighted by molar-refractivity contribution is 5.92. The molecule has 6 heteroatoms. The van der Waals surface area contributed by atoms with E-state index in [1.807, 2.05) is 43.3 Å². The maximum absolute atomic E-state index is 12.5. The number of nitrogens with zero attached hydrogens (tertiary/aromatic N) is 3. The molecule has 0 spiro atoms. The molecule has 0 radical (unpaired) electrons. The number of rotatable bonds is 5. The third kappa shape index (κ3) is 3.52. The third-order valence-electron chi connectivity index (χ3n) is 5.03. The number of benzene rings is 2. The van der Waals surface area contributed by atoms with Crippen LogP contribution in [0.3, 0.4) is 0 Å². The summed E-state index contributed by atoms with van der Waals surface area (Å²) in [6, 6.07) is 17.6. The molecule has 152 valence electrons. The zero-order chi connectivity index (χ0) is 21.3. The van der Waals surface area contributed by atoms with Gasteiger partial charge >= 0.3 is 5.97 Å². The second-order valence-corrected chi connectivity index (χ2v) is 7.20. The Hall–Kier alpha value is -3.67. The van der Waals surface area contributed by atoms with Crippen LogP contribution in [0.5, 0.6) is 0 Å². The van der Waals surface area contributed by atoms with Crippen LogP contribution in [0.25, 0.3) is 16.8 Å². The molecule has 0 saturated carbocycles. The van der Waals surface area contributed by atoms with Crippen LogP contribution in [-0.4, -0.2) is 27.2 Å². The number of carbonyl (C=O) groups excluding carboxylic acids is 1. The number of anilines is 2. The summed E-state index contributed by atoms with van der Waals surface area (Å²) < 4.78 is 6.98. The highest BCUT2D eigenvalue weighted by Crippen LogP contribution is 2.34. The summed E-state index contributed by atoms with van der Waals surface area (Å²) in [6.45, 7) is 8.18. The van der Waals surface area contributed by atoms with Crippen molar-refractivity contribution < 1.29 is 9.53 Å². The molecular weight excluding hydrogens is 376 g/mol. The Morgan fingerprint density at radius 3 is 2.37 bits per heavy atom. The maximum Gasteiger partial charge on any atom is 0.357 e. The first-order valence-corrected chi connectivity index (χ1v) is 9.95. The Labute approximate surface area is 175 Å². The standard InChI is InChI=1S/C24H24N4O2/c1-5-30-24(29)19-14-20(25-18-12-7-6-8-13-18)28-23(26-19)22(17(4)27-28)21-15(2)10-9-11-16(21)3/h6-14,25H,5H2,1-4H3. The topological polar surface area (TPSA) is 68.5 Å². The molecule has 0 unspecified atom stereocenters. The molecule has 4 rings (SSSR count). The van der Waals surface area contributed by atoms with E-state index < -0.39 is 5.97 Å². The Morgan fingerprint density at radius 2 is 1.70 bits per heavy atom. The van der Waals surface area contributed by atoms with Crippen LogP contribution in [-0.2, 0) is 4.74 Å². The van der Waals surface area contributed by atoms with Gasteiger partial charge in [0, 0.05) is 11.8 Å². The van der Waals surface area contributed by atoms with Gasteiger partial charge in [0.15, 0.2) is 11.3 Å². The highest BCUT2D eigenvalue weighted by Gasteiger charge is 2.21. The second kappa shape index (κ2) is 7.99. The van der Waals surface area contributed by atoms with Crippen molar-refractivity contribution in [1.82, 2.24) is 14.6 Å². The van der Waals surface area contributed by atoms with Crippen LogP contribution in [0, 0.1) is 20.8 Å². The van der Waals surface area contributed by atoms with Crippen molar-refractivity contribution in [2.24, 2.45) is 0 Å². The molecule has 0 bridgehead atoms. The number of nitrogens with one attached hydrogen (secondary N) is 1. The first-order valence-electron chi connectivity index (χ1n) is 9.95. The van der Waals surface area contributed by atoms with Gasteiger partial charge in [0.05, 0.1) is 17.9 Å². The smallest absolute Gasteiger partial charge is 0.357 e. The number of hydrogen-bond acceptors (Lipinski definition) is 5. The largest absolute Gasteiger partial charge is 0.461 e. The van der Waals surface area contributed by atoms with Crippen LogP contribution in [0.15, 0.2) is 54.6 Å². The molecule has 0 atom stereocenters. The summed E-state index contributed by atoms with van der Waals surface area (Å²) >= 11 is 0. The van der Waals surface area contributed by atoms with Gasteiger partial charge in [-0.25, -0.2) is 9.78 Å². The van der Waals surface area contributed by atoms with Gasteiger partial charge in [-0.05, 0) is 56.5 Å². The Morgan fingerprint density at radius 1 is 1.00 bits per heavy atom. The molecule has 0 amide bonds. The fourth-order valence-corrected chi connectivity index (χ4v) is 3.69. The Balaban J connectivity index is 1.99. The minimum absolute atomic E-state index is 0.246. The van der Waals surface area contributed by atoms with E-state index in [1.54, 1.807) is 17.5 Å². The van der Waals surface area contributed by atoms with Crippen molar-refractivity contribution in [2.75, 3.05) is 11.9 Å². The lowest BCUT2D eigenvalue weighted by molar-refractivity contribution is 0.0519. The van der Waals surface area contributed by atoms with E-state index in [2.05, 4.69) is 36.3 Å². The van der Waals surface area contributed by atoms with E-state index in [1.165, 1.54) is 0 Å². The van der Waals surface area contributed by atoms with Crippen molar-refractivity contribution >= 4 is 23.1 Å². The van der Waals surface area contributed by atoms with Crippen molar-refractivity contribution in [3.63, 3.8) is 0 Å². The SMILES string of the molecule is CCOC(=O)c1cc(Nc2ccccc2)n2nc(C)c(-c3c(C)cccc3C)c2n1. The molecular formula is C24H24N4O2. The van der Waals surface area contributed by atoms with Gasteiger partial charge in [0.2, 0.25) is 0 Å². The lowest BCUT2D eigenvalue weighted by Gasteiger charge is -2.12. The van der Waals surface area contributed by atoms with E-state index in [-0.39, 0.29) is 12.3 Å². The number of aryl methyl sites for hydroxylation is 3. The van der Waals surface area contributed by atoms with Crippen molar-refractivity contribution in [3.05, 3.63) is 77.1 Å².